The second-order valence-corrected chi connectivity index (χ2v) is 7.57. The normalized spacial score (nSPS) is 44.0. The summed E-state index contributed by atoms with van der Waals surface area (Å²) in [7, 11) is 0. The maximum Gasteiger partial charge on any atom is 0.233 e. The van der Waals surface area contributed by atoms with Gasteiger partial charge in [-0.2, -0.15) is 0 Å². The molecular formula is C12H12Br2NO4-. The van der Waals surface area contributed by atoms with E-state index in [4.69, 9.17) is 0 Å². The molecule has 2 amide bonds. The number of fused-ring (bicyclic) bond motifs is 5. The SMILES string of the molecule is O=C([O-])CCN1C(=O)[C@@H]2[C@H]3C[C@H]([C@@H](Br)[C@H]3Br)[C@@H]2C1=O. The number of carbonyl (C=O) groups excluding carboxylic acids is 3. The van der Waals surface area contributed by atoms with E-state index in [-0.39, 0.29) is 58.1 Å². The maximum absolute atomic E-state index is 12.3. The monoisotopic (exact) mass is 392 g/mol. The van der Waals surface area contributed by atoms with Gasteiger partial charge in [-0.1, -0.05) is 31.9 Å². The molecule has 19 heavy (non-hydrogen) atoms. The molecule has 104 valence electrons. The van der Waals surface area contributed by atoms with E-state index in [1.807, 2.05) is 0 Å². The van der Waals surface area contributed by atoms with Crippen LogP contribution in [0.15, 0.2) is 0 Å². The van der Waals surface area contributed by atoms with Crippen molar-refractivity contribution in [2.24, 2.45) is 23.7 Å². The van der Waals surface area contributed by atoms with Crippen molar-refractivity contribution < 1.29 is 19.5 Å². The zero-order valence-corrected chi connectivity index (χ0v) is 13.1. The van der Waals surface area contributed by atoms with Crippen molar-refractivity contribution in [3.8, 4) is 0 Å². The van der Waals surface area contributed by atoms with Gasteiger partial charge in [0.2, 0.25) is 11.8 Å². The molecule has 6 atom stereocenters. The molecule has 0 unspecified atom stereocenters. The third kappa shape index (κ3) is 1.81. The Morgan fingerprint density at radius 1 is 1.16 bits per heavy atom. The number of hydrogen-bond acceptors (Lipinski definition) is 4. The Hall–Kier alpha value is -0.430. The first kappa shape index (κ1) is 13.5. The van der Waals surface area contributed by atoms with E-state index in [0.717, 1.165) is 11.3 Å². The highest BCUT2D eigenvalue weighted by Gasteiger charge is 2.66. The summed E-state index contributed by atoms with van der Waals surface area (Å²) in [5.74, 6) is -1.83. The lowest BCUT2D eigenvalue weighted by molar-refractivity contribution is -0.305. The number of carbonyl (C=O) groups is 3. The molecule has 7 heteroatoms. The van der Waals surface area contributed by atoms with Crippen LogP contribution in [0.1, 0.15) is 12.8 Å². The number of aliphatic carboxylic acids is 1. The Labute approximate surface area is 127 Å². The van der Waals surface area contributed by atoms with E-state index < -0.39 is 5.97 Å². The summed E-state index contributed by atoms with van der Waals surface area (Å²) in [6.45, 7) is -0.0632. The minimum atomic E-state index is -1.24. The summed E-state index contributed by atoms with van der Waals surface area (Å²) in [6.07, 6.45) is 0.592. The molecule has 1 heterocycles. The Kier molecular flexibility index (Phi) is 3.24. The highest BCUT2D eigenvalue weighted by Crippen LogP contribution is 2.60. The van der Waals surface area contributed by atoms with Crippen molar-refractivity contribution >= 4 is 49.6 Å². The number of hydrogen-bond donors (Lipinski definition) is 0. The molecule has 5 nitrogen and oxygen atoms in total. The molecule has 1 aliphatic heterocycles. The largest absolute Gasteiger partial charge is 0.550 e. The quantitative estimate of drug-likeness (QED) is 0.495. The van der Waals surface area contributed by atoms with Gasteiger partial charge >= 0.3 is 0 Å². The van der Waals surface area contributed by atoms with Crippen LogP contribution in [0.5, 0.6) is 0 Å². The van der Waals surface area contributed by atoms with E-state index in [9.17, 15) is 19.5 Å². The molecule has 2 aliphatic carbocycles. The summed E-state index contributed by atoms with van der Waals surface area (Å²) in [6, 6.07) is 0. The molecule has 0 spiro atoms. The molecule has 3 rings (SSSR count). The molecule has 2 saturated carbocycles. The van der Waals surface area contributed by atoms with Crippen molar-refractivity contribution in [2.75, 3.05) is 6.54 Å². The van der Waals surface area contributed by atoms with E-state index in [0.29, 0.717) is 0 Å². The van der Waals surface area contributed by atoms with Crippen LogP contribution < -0.4 is 5.11 Å². The Balaban J connectivity index is 1.83. The summed E-state index contributed by atoms with van der Waals surface area (Å²) in [5.41, 5.74) is 0. The van der Waals surface area contributed by atoms with Crippen LogP contribution in [0.3, 0.4) is 0 Å². The molecule has 0 aromatic heterocycles. The minimum Gasteiger partial charge on any atom is -0.550 e. The van der Waals surface area contributed by atoms with Crippen molar-refractivity contribution in [3.05, 3.63) is 0 Å². The van der Waals surface area contributed by atoms with Crippen LogP contribution in [-0.4, -0.2) is 38.9 Å². The second-order valence-electron chi connectivity index (χ2n) is 5.45. The summed E-state index contributed by atoms with van der Waals surface area (Å²) >= 11 is 7.19. The van der Waals surface area contributed by atoms with Crippen molar-refractivity contribution in [3.63, 3.8) is 0 Å². The van der Waals surface area contributed by atoms with Crippen molar-refractivity contribution in [1.82, 2.24) is 4.90 Å². The van der Waals surface area contributed by atoms with Gasteiger partial charge in [0, 0.05) is 28.6 Å². The lowest BCUT2D eigenvalue weighted by Gasteiger charge is -2.28. The number of halogens is 2. The average Bonchev–Trinajstić information content (AvgIpc) is 2.93. The molecule has 3 fully saturated rings. The number of nitrogens with zero attached hydrogens (tertiary/aromatic N) is 1. The van der Waals surface area contributed by atoms with Gasteiger partial charge in [-0.25, -0.2) is 0 Å². The predicted octanol–water partition coefficient (Wildman–Crippen LogP) is -0.0957. The molecule has 0 radical (unpaired) electrons. The molecule has 0 aromatic carbocycles. The van der Waals surface area contributed by atoms with Crippen LogP contribution in [0.2, 0.25) is 0 Å². The fourth-order valence-electron chi connectivity index (χ4n) is 3.83. The first-order chi connectivity index (χ1) is 8.93. The van der Waals surface area contributed by atoms with E-state index in [2.05, 4.69) is 31.9 Å². The number of alkyl halides is 2. The standard InChI is InChI=1S/C12H13Br2NO4/c13-9-4-3-5(10(9)14)8-7(4)11(18)15(12(8)19)2-1-6(16)17/h4-5,7-10H,1-3H2,(H,16,17)/p-1/t4-,5+,7-,8+,9+,10-. The number of likely N-dealkylation sites (tertiary alicyclic amines) is 1. The van der Waals surface area contributed by atoms with Gasteiger partial charge in [0.15, 0.2) is 0 Å². The number of imide groups is 1. The molecule has 3 aliphatic rings. The van der Waals surface area contributed by atoms with Crippen molar-refractivity contribution in [1.29, 1.82) is 0 Å². The van der Waals surface area contributed by atoms with E-state index in [1.54, 1.807) is 0 Å². The summed E-state index contributed by atoms with van der Waals surface area (Å²) < 4.78 is 0. The molecule has 0 aromatic rings. The molecule has 2 bridgehead atoms. The van der Waals surface area contributed by atoms with Gasteiger partial charge in [0.25, 0.3) is 0 Å². The molecule has 1 saturated heterocycles. The topological polar surface area (TPSA) is 77.5 Å². The van der Waals surface area contributed by atoms with Gasteiger partial charge in [0.05, 0.1) is 11.8 Å². The van der Waals surface area contributed by atoms with Gasteiger partial charge in [0.1, 0.15) is 0 Å². The first-order valence-electron chi connectivity index (χ1n) is 6.26. The number of carboxylic acid groups (broad SMARTS) is 1. The van der Waals surface area contributed by atoms with E-state index in [1.165, 1.54) is 0 Å². The zero-order valence-electron chi connectivity index (χ0n) is 9.92. The van der Waals surface area contributed by atoms with Crippen molar-refractivity contribution in [2.45, 2.75) is 22.5 Å². The Morgan fingerprint density at radius 2 is 1.63 bits per heavy atom. The highest BCUT2D eigenvalue weighted by atomic mass is 79.9. The minimum absolute atomic E-state index is 0.0632. The highest BCUT2D eigenvalue weighted by molar-refractivity contribution is 9.12. The fraction of sp³-hybridized carbons (Fsp3) is 0.750. The lowest BCUT2D eigenvalue weighted by atomic mass is 9.81. The third-order valence-electron chi connectivity index (χ3n) is 4.62. The maximum atomic E-state index is 12.3. The first-order valence-corrected chi connectivity index (χ1v) is 8.10. The fourth-order valence-corrected chi connectivity index (χ4v) is 5.71. The van der Waals surface area contributed by atoms with Gasteiger partial charge in [-0.3, -0.25) is 14.5 Å². The Bertz CT molecular complexity index is 437. The number of amides is 2. The van der Waals surface area contributed by atoms with Crippen LogP contribution in [-0.2, 0) is 14.4 Å². The smallest absolute Gasteiger partial charge is 0.233 e. The molecule has 0 N–H and O–H groups in total. The predicted molar refractivity (Wildman–Crippen MR) is 70.4 cm³/mol. The second kappa shape index (κ2) is 4.55. The Morgan fingerprint density at radius 3 is 2.05 bits per heavy atom. The number of rotatable bonds is 3. The van der Waals surface area contributed by atoms with Crippen LogP contribution in [0.4, 0.5) is 0 Å². The summed E-state index contributed by atoms with van der Waals surface area (Å²) in [4.78, 5) is 36.6. The lowest BCUT2D eigenvalue weighted by Crippen LogP contribution is -2.37. The van der Waals surface area contributed by atoms with Crippen LogP contribution in [0.25, 0.3) is 0 Å². The third-order valence-corrected chi connectivity index (χ3v) is 7.82. The van der Waals surface area contributed by atoms with Crippen LogP contribution in [0, 0.1) is 23.7 Å². The molecular weight excluding hydrogens is 382 g/mol. The van der Waals surface area contributed by atoms with Gasteiger partial charge in [-0.15, -0.1) is 0 Å². The van der Waals surface area contributed by atoms with Crippen LogP contribution >= 0.6 is 31.9 Å². The average molecular weight is 394 g/mol. The zero-order chi connectivity index (χ0) is 13.9. The number of carboxylic acids is 1. The summed E-state index contributed by atoms with van der Waals surface area (Å²) in [5, 5.41) is 10.5. The van der Waals surface area contributed by atoms with E-state index >= 15 is 0 Å². The van der Waals surface area contributed by atoms with Gasteiger partial charge < -0.3 is 9.90 Å². The van der Waals surface area contributed by atoms with Gasteiger partial charge in [-0.05, 0) is 18.3 Å².